The number of likely N-dealkylation sites (N-methyl/N-ethyl adjacent to an activating group) is 1. The first-order valence-electron chi connectivity index (χ1n) is 10.9. The second kappa shape index (κ2) is 7.57. The molecule has 0 atom stereocenters. The number of nitriles is 1. The fraction of sp³-hybridized carbons (Fsp3) is 0.360. The fourth-order valence-corrected chi connectivity index (χ4v) is 4.45. The van der Waals surface area contributed by atoms with Gasteiger partial charge in [0.05, 0.1) is 16.6 Å². The summed E-state index contributed by atoms with van der Waals surface area (Å²) in [4.78, 5) is 26.8. The average Bonchev–Trinajstić information content (AvgIpc) is 3.52. The highest BCUT2D eigenvalue weighted by Crippen LogP contribution is 2.48. The van der Waals surface area contributed by atoms with Gasteiger partial charge >= 0.3 is 0 Å². The number of fused-ring (bicyclic) bond motifs is 1. The molecule has 1 aromatic heterocycles. The number of nitrogens with one attached hydrogen (secondary N) is 1. The SMILES string of the molecule is Cc1ccc(N2CC(N(C)C)C2)cc1C(=O)NC1(c2ccc(C#N)c3nccnc23)CC1. The maximum absolute atomic E-state index is 13.4. The molecule has 1 saturated heterocycles. The largest absolute Gasteiger partial charge is 0.368 e. The molecule has 162 valence electrons. The van der Waals surface area contributed by atoms with E-state index in [0.29, 0.717) is 28.2 Å². The molecule has 3 aromatic rings. The minimum absolute atomic E-state index is 0.0760. The number of rotatable bonds is 5. The molecule has 2 fully saturated rings. The predicted molar refractivity (Wildman–Crippen MR) is 123 cm³/mol. The van der Waals surface area contributed by atoms with Crippen LogP contribution in [0.5, 0.6) is 0 Å². The molecule has 7 heteroatoms. The summed E-state index contributed by atoms with van der Waals surface area (Å²) < 4.78 is 0. The standard InChI is InChI=1S/C25H26N6O/c1-16-4-6-18(31-14-19(15-31)30(2)3)12-20(16)24(32)29-25(8-9-25)21-7-5-17(13-26)22-23(21)28-11-10-27-22/h4-7,10-12,19H,8-9,14-15H2,1-3H3,(H,29,32). The van der Waals surface area contributed by atoms with Crippen LogP contribution in [0.2, 0.25) is 0 Å². The molecule has 0 unspecified atom stereocenters. The number of hydrogen-bond donors (Lipinski definition) is 1. The smallest absolute Gasteiger partial charge is 0.252 e. The van der Waals surface area contributed by atoms with E-state index >= 15 is 0 Å². The second-order valence-corrected chi connectivity index (χ2v) is 9.08. The highest BCUT2D eigenvalue weighted by molar-refractivity contribution is 5.98. The maximum Gasteiger partial charge on any atom is 0.252 e. The van der Waals surface area contributed by atoms with E-state index < -0.39 is 5.54 Å². The van der Waals surface area contributed by atoms with Crippen LogP contribution in [0.15, 0.2) is 42.7 Å². The van der Waals surface area contributed by atoms with Crippen molar-refractivity contribution in [1.82, 2.24) is 20.2 Å². The summed E-state index contributed by atoms with van der Waals surface area (Å²) in [5.74, 6) is -0.0760. The Balaban J connectivity index is 1.42. The number of carbonyl (C=O) groups is 1. The molecule has 2 heterocycles. The van der Waals surface area contributed by atoms with Crippen LogP contribution < -0.4 is 10.2 Å². The Kier molecular flexibility index (Phi) is 4.83. The van der Waals surface area contributed by atoms with Crippen LogP contribution >= 0.6 is 0 Å². The van der Waals surface area contributed by atoms with E-state index in [4.69, 9.17) is 0 Å². The summed E-state index contributed by atoms with van der Waals surface area (Å²) >= 11 is 0. The van der Waals surface area contributed by atoms with Gasteiger partial charge in [0.25, 0.3) is 5.91 Å². The van der Waals surface area contributed by atoms with E-state index in [1.807, 2.05) is 25.1 Å². The van der Waals surface area contributed by atoms with Gasteiger partial charge in [0.15, 0.2) is 0 Å². The lowest BCUT2D eigenvalue weighted by molar-refractivity contribution is 0.0930. The molecule has 2 aromatic carbocycles. The Morgan fingerprint density at radius 1 is 1.16 bits per heavy atom. The van der Waals surface area contributed by atoms with E-state index in [0.717, 1.165) is 42.7 Å². The van der Waals surface area contributed by atoms with E-state index in [9.17, 15) is 10.1 Å². The summed E-state index contributed by atoms with van der Waals surface area (Å²) in [7, 11) is 4.20. The molecule has 1 N–H and O–H groups in total. The maximum atomic E-state index is 13.4. The third-order valence-electron chi connectivity index (χ3n) is 6.79. The normalized spacial score (nSPS) is 17.2. The molecule has 7 nitrogen and oxygen atoms in total. The van der Waals surface area contributed by atoms with Crippen molar-refractivity contribution in [1.29, 1.82) is 5.26 Å². The summed E-state index contributed by atoms with van der Waals surface area (Å²) in [6, 6.07) is 12.5. The van der Waals surface area contributed by atoms with Crippen molar-refractivity contribution < 1.29 is 4.79 Å². The van der Waals surface area contributed by atoms with Crippen molar-refractivity contribution in [2.45, 2.75) is 31.3 Å². The summed E-state index contributed by atoms with van der Waals surface area (Å²) in [5.41, 5.74) is 4.96. The van der Waals surface area contributed by atoms with E-state index in [2.05, 4.69) is 51.3 Å². The van der Waals surface area contributed by atoms with Crippen molar-refractivity contribution in [3.63, 3.8) is 0 Å². The van der Waals surface area contributed by atoms with Gasteiger partial charge in [0.1, 0.15) is 11.6 Å². The zero-order valence-corrected chi connectivity index (χ0v) is 18.6. The van der Waals surface area contributed by atoms with Crippen molar-refractivity contribution in [3.8, 4) is 6.07 Å². The van der Waals surface area contributed by atoms with Crippen molar-refractivity contribution >= 4 is 22.6 Å². The van der Waals surface area contributed by atoms with Crippen LogP contribution in [0.25, 0.3) is 11.0 Å². The molecular formula is C25H26N6O. The quantitative estimate of drug-likeness (QED) is 0.675. The highest BCUT2D eigenvalue weighted by atomic mass is 16.1. The van der Waals surface area contributed by atoms with Gasteiger partial charge in [-0.25, -0.2) is 0 Å². The van der Waals surface area contributed by atoms with Gasteiger partial charge in [0.2, 0.25) is 0 Å². The summed E-state index contributed by atoms with van der Waals surface area (Å²) in [6.45, 7) is 3.91. The Hall–Kier alpha value is -3.50. The molecular weight excluding hydrogens is 400 g/mol. The average molecular weight is 427 g/mol. The molecule has 1 saturated carbocycles. The minimum Gasteiger partial charge on any atom is -0.368 e. The van der Waals surface area contributed by atoms with Gasteiger partial charge < -0.3 is 15.1 Å². The lowest BCUT2D eigenvalue weighted by Gasteiger charge is -2.44. The summed E-state index contributed by atoms with van der Waals surface area (Å²) in [5, 5.41) is 12.7. The molecule has 1 aliphatic carbocycles. The number of hydrogen-bond acceptors (Lipinski definition) is 6. The molecule has 2 aliphatic rings. The summed E-state index contributed by atoms with van der Waals surface area (Å²) in [6.07, 6.45) is 4.90. The first-order valence-corrected chi connectivity index (χ1v) is 10.9. The van der Waals surface area contributed by atoms with E-state index in [1.54, 1.807) is 18.5 Å². The van der Waals surface area contributed by atoms with Gasteiger partial charge in [0, 0.05) is 48.3 Å². The number of aromatic nitrogens is 2. The van der Waals surface area contributed by atoms with E-state index in [-0.39, 0.29) is 5.91 Å². The first-order chi connectivity index (χ1) is 15.4. The van der Waals surface area contributed by atoms with Crippen LogP contribution in [0, 0.1) is 18.3 Å². The lowest BCUT2D eigenvalue weighted by Crippen LogP contribution is -2.57. The fourth-order valence-electron chi connectivity index (χ4n) is 4.45. The number of nitrogens with zero attached hydrogens (tertiary/aromatic N) is 5. The van der Waals surface area contributed by atoms with Gasteiger partial charge in [-0.3, -0.25) is 14.8 Å². The molecule has 0 radical (unpaired) electrons. The van der Waals surface area contributed by atoms with Crippen molar-refractivity contribution in [2.24, 2.45) is 0 Å². The number of carbonyl (C=O) groups excluding carboxylic acids is 1. The topological polar surface area (TPSA) is 85.1 Å². The Morgan fingerprint density at radius 3 is 2.53 bits per heavy atom. The zero-order valence-electron chi connectivity index (χ0n) is 18.6. The van der Waals surface area contributed by atoms with Gasteiger partial charge in [-0.15, -0.1) is 0 Å². The molecule has 1 aliphatic heterocycles. The Bertz CT molecular complexity index is 1250. The first kappa shape index (κ1) is 20.4. The number of anilines is 1. The molecule has 5 rings (SSSR count). The lowest BCUT2D eigenvalue weighted by atomic mass is 9.98. The molecule has 1 amide bonds. The molecule has 0 spiro atoms. The van der Waals surface area contributed by atoms with Crippen LogP contribution in [-0.4, -0.2) is 54.0 Å². The van der Waals surface area contributed by atoms with Crippen LogP contribution in [-0.2, 0) is 5.54 Å². The second-order valence-electron chi connectivity index (χ2n) is 9.08. The third kappa shape index (κ3) is 3.37. The van der Waals surface area contributed by atoms with E-state index in [1.165, 1.54) is 0 Å². The molecule has 32 heavy (non-hydrogen) atoms. The van der Waals surface area contributed by atoms with Crippen LogP contribution in [0.1, 0.15) is 39.9 Å². The Labute approximate surface area is 187 Å². The number of amides is 1. The van der Waals surface area contributed by atoms with Gasteiger partial charge in [-0.2, -0.15) is 5.26 Å². The zero-order chi connectivity index (χ0) is 22.5. The number of aryl methyl sites for hydroxylation is 1. The van der Waals surface area contributed by atoms with Gasteiger partial charge in [-0.1, -0.05) is 12.1 Å². The predicted octanol–water partition coefficient (Wildman–Crippen LogP) is 2.98. The highest BCUT2D eigenvalue weighted by Gasteiger charge is 2.47. The van der Waals surface area contributed by atoms with Crippen LogP contribution in [0.3, 0.4) is 0 Å². The Morgan fingerprint density at radius 2 is 1.88 bits per heavy atom. The monoisotopic (exact) mass is 426 g/mol. The van der Waals surface area contributed by atoms with Gasteiger partial charge in [-0.05, 0) is 57.6 Å². The minimum atomic E-state index is -0.464. The molecule has 0 bridgehead atoms. The van der Waals surface area contributed by atoms with Crippen molar-refractivity contribution in [3.05, 3.63) is 65.0 Å². The third-order valence-corrected chi connectivity index (χ3v) is 6.79. The van der Waals surface area contributed by atoms with Crippen molar-refractivity contribution in [2.75, 3.05) is 32.1 Å². The number of benzene rings is 2. The van der Waals surface area contributed by atoms with Crippen LogP contribution in [0.4, 0.5) is 5.69 Å².